The zero-order valence-corrected chi connectivity index (χ0v) is 13.2. The van der Waals surface area contributed by atoms with Gasteiger partial charge < -0.3 is 10.1 Å². The van der Waals surface area contributed by atoms with Crippen LogP contribution in [0.1, 0.15) is 64.7 Å². The van der Waals surface area contributed by atoms with Crippen molar-refractivity contribution in [3.8, 4) is 0 Å². The molecule has 3 nitrogen and oxygen atoms in total. The average molecular weight is 280 g/mol. The highest BCUT2D eigenvalue weighted by Gasteiger charge is 2.39. The summed E-state index contributed by atoms with van der Waals surface area (Å²) in [6, 6.07) is 0.740. The fourth-order valence-corrected chi connectivity index (χ4v) is 4.45. The summed E-state index contributed by atoms with van der Waals surface area (Å²) >= 11 is 0. The number of hydrogen-bond donors (Lipinski definition) is 1. The molecule has 0 bridgehead atoms. The van der Waals surface area contributed by atoms with Crippen molar-refractivity contribution < 1.29 is 4.74 Å². The molecule has 2 aliphatic heterocycles. The molecule has 1 N–H and O–H groups in total. The Labute approximate surface area is 124 Å². The summed E-state index contributed by atoms with van der Waals surface area (Å²) in [5.41, 5.74) is 0.445. The van der Waals surface area contributed by atoms with Crippen molar-refractivity contribution in [3.05, 3.63) is 0 Å². The Morgan fingerprint density at radius 1 is 1.20 bits per heavy atom. The van der Waals surface area contributed by atoms with Gasteiger partial charge in [-0.15, -0.1) is 0 Å². The smallest absolute Gasteiger partial charge is 0.0588 e. The molecule has 2 atom stereocenters. The molecule has 2 saturated heterocycles. The molecule has 3 rings (SSSR count). The maximum Gasteiger partial charge on any atom is 0.0588 e. The molecule has 0 radical (unpaired) electrons. The lowest BCUT2D eigenvalue weighted by Gasteiger charge is -2.50. The van der Waals surface area contributed by atoms with Crippen LogP contribution in [0.25, 0.3) is 0 Å². The topological polar surface area (TPSA) is 24.5 Å². The summed E-state index contributed by atoms with van der Waals surface area (Å²) in [5.74, 6) is 0. The van der Waals surface area contributed by atoms with Gasteiger partial charge in [0, 0.05) is 37.8 Å². The van der Waals surface area contributed by atoms with E-state index in [1.165, 1.54) is 77.4 Å². The van der Waals surface area contributed by atoms with Gasteiger partial charge in [0.1, 0.15) is 0 Å². The van der Waals surface area contributed by atoms with E-state index in [4.69, 9.17) is 4.74 Å². The van der Waals surface area contributed by atoms with Crippen LogP contribution in [-0.2, 0) is 4.74 Å². The molecule has 20 heavy (non-hydrogen) atoms. The van der Waals surface area contributed by atoms with E-state index >= 15 is 0 Å². The molecular weight excluding hydrogens is 248 g/mol. The molecule has 0 aromatic rings. The van der Waals surface area contributed by atoms with Crippen molar-refractivity contribution in [1.82, 2.24) is 10.2 Å². The van der Waals surface area contributed by atoms with Crippen molar-refractivity contribution in [2.24, 2.45) is 0 Å². The van der Waals surface area contributed by atoms with E-state index in [9.17, 15) is 0 Å². The quantitative estimate of drug-likeness (QED) is 0.857. The van der Waals surface area contributed by atoms with Gasteiger partial charge in [0.2, 0.25) is 0 Å². The van der Waals surface area contributed by atoms with Gasteiger partial charge in [0.05, 0.1) is 6.10 Å². The van der Waals surface area contributed by atoms with E-state index < -0.39 is 0 Å². The molecule has 0 aromatic heterocycles. The van der Waals surface area contributed by atoms with Gasteiger partial charge in [-0.25, -0.2) is 0 Å². The maximum absolute atomic E-state index is 5.81. The number of ether oxygens (including phenoxy) is 1. The second kappa shape index (κ2) is 6.76. The minimum absolute atomic E-state index is 0.445. The van der Waals surface area contributed by atoms with Crippen LogP contribution in [0.5, 0.6) is 0 Å². The van der Waals surface area contributed by atoms with Crippen LogP contribution in [0.3, 0.4) is 0 Å². The summed E-state index contributed by atoms with van der Waals surface area (Å²) in [6.45, 7) is 7.05. The zero-order valence-electron chi connectivity index (χ0n) is 13.2. The largest absolute Gasteiger partial charge is 0.378 e. The van der Waals surface area contributed by atoms with Crippen molar-refractivity contribution in [2.45, 2.75) is 82.4 Å². The predicted molar refractivity (Wildman–Crippen MR) is 83.1 cm³/mol. The number of piperazine rings is 1. The van der Waals surface area contributed by atoms with E-state index in [2.05, 4.69) is 17.1 Å². The first kappa shape index (κ1) is 14.8. The molecule has 2 heterocycles. The molecule has 1 saturated carbocycles. The number of rotatable bonds is 4. The zero-order chi connectivity index (χ0) is 13.8. The Balaban J connectivity index is 1.56. The van der Waals surface area contributed by atoms with Crippen molar-refractivity contribution >= 4 is 0 Å². The second-order valence-electron chi connectivity index (χ2n) is 7.18. The first-order valence-electron chi connectivity index (χ1n) is 8.92. The van der Waals surface area contributed by atoms with Crippen LogP contribution >= 0.6 is 0 Å². The third-order valence-corrected chi connectivity index (χ3v) is 5.78. The van der Waals surface area contributed by atoms with Gasteiger partial charge >= 0.3 is 0 Å². The lowest BCUT2D eigenvalue weighted by atomic mass is 9.79. The fourth-order valence-electron chi connectivity index (χ4n) is 4.45. The van der Waals surface area contributed by atoms with Gasteiger partial charge in [0.25, 0.3) is 0 Å². The molecule has 0 amide bonds. The number of nitrogens with zero attached hydrogens (tertiary/aromatic N) is 1. The number of nitrogens with one attached hydrogen (secondary N) is 1. The minimum Gasteiger partial charge on any atom is -0.378 e. The first-order valence-corrected chi connectivity index (χ1v) is 8.92. The van der Waals surface area contributed by atoms with Gasteiger partial charge in [-0.1, -0.05) is 26.2 Å². The van der Waals surface area contributed by atoms with Crippen LogP contribution in [0.2, 0.25) is 0 Å². The van der Waals surface area contributed by atoms with Gasteiger partial charge in [-0.3, -0.25) is 4.90 Å². The SMILES string of the molecule is CCC1CNC2(CCCCC2)CN1CCC1CCCO1. The van der Waals surface area contributed by atoms with Crippen LogP contribution in [-0.4, -0.2) is 48.8 Å². The summed E-state index contributed by atoms with van der Waals surface area (Å²) in [5, 5.41) is 3.92. The van der Waals surface area contributed by atoms with E-state index in [0.717, 1.165) is 12.6 Å². The number of hydrogen-bond acceptors (Lipinski definition) is 3. The maximum atomic E-state index is 5.81. The Morgan fingerprint density at radius 3 is 2.75 bits per heavy atom. The molecule has 3 aliphatic rings. The molecule has 1 spiro atoms. The summed E-state index contributed by atoms with van der Waals surface area (Å²) in [4.78, 5) is 2.78. The van der Waals surface area contributed by atoms with Crippen LogP contribution in [0.4, 0.5) is 0 Å². The van der Waals surface area contributed by atoms with Gasteiger partial charge in [-0.05, 0) is 38.5 Å². The average Bonchev–Trinajstić information content (AvgIpc) is 2.99. The molecule has 1 aliphatic carbocycles. The third kappa shape index (κ3) is 3.37. The molecule has 3 fully saturated rings. The Bertz CT molecular complexity index is 295. The van der Waals surface area contributed by atoms with Crippen molar-refractivity contribution in [2.75, 3.05) is 26.2 Å². The second-order valence-corrected chi connectivity index (χ2v) is 7.18. The van der Waals surface area contributed by atoms with Crippen LogP contribution < -0.4 is 5.32 Å². The lowest BCUT2D eigenvalue weighted by molar-refractivity contribution is 0.0347. The molecule has 2 unspecified atom stereocenters. The minimum atomic E-state index is 0.445. The van der Waals surface area contributed by atoms with E-state index in [-0.39, 0.29) is 0 Å². The highest BCUT2D eigenvalue weighted by atomic mass is 16.5. The highest BCUT2D eigenvalue weighted by molar-refractivity contribution is 4.99. The standard InChI is InChI=1S/C17H32N2O/c1-2-15-13-18-17(9-4-3-5-10-17)14-19(15)11-8-16-7-6-12-20-16/h15-16,18H,2-14H2,1H3. The van der Waals surface area contributed by atoms with Crippen molar-refractivity contribution in [3.63, 3.8) is 0 Å². The monoisotopic (exact) mass is 280 g/mol. The van der Waals surface area contributed by atoms with Crippen LogP contribution in [0, 0.1) is 0 Å². The van der Waals surface area contributed by atoms with E-state index in [0.29, 0.717) is 11.6 Å². The first-order chi connectivity index (χ1) is 9.81. The molecule has 3 heteroatoms. The summed E-state index contributed by atoms with van der Waals surface area (Å²) in [6.07, 6.45) is 12.7. The Morgan fingerprint density at radius 2 is 2.05 bits per heavy atom. The normalized spacial score (nSPS) is 34.6. The lowest BCUT2D eigenvalue weighted by Crippen LogP contribution is -2.64. The summed E-state index contributed by atoms with van der Waals surface area (Å²) < 4.78 is 5.81. The highest BCUT2D eigenvalue weighted by Crippen LogP contribution is 2.32. The molecule has 0 aromatic carbocycles. The Hall–Kier alpha value is -0.120. The Kier molecular flexibility index (Phi) is 5.00. The van der Waals surface area contributed by atoms with E-state index in [1.54, 1.807) is 0 Å². The van der Waals surface area contributed by atoms with E-state index in [1.807, 2.05) is 0 Å². The fraction of sp³-hybridized carbons (Fsp3) is 1.00. The van der Waals surface area contributed by atoms with Gasteiger partial charge in [0.15, 0.2) is 0 Å². The van der Waals surface area contributed by atoms with Gasteiger partial charge in [-0.2, -0.15) is 0 Å². The predicted octanol–water partition coefficient (Wildman–Crippen LogP) is 2.94. The molecular formula is C17H32N2O. The van der Waals surface area contributed by atoms with Crippen LogP contribution in [0.15, 0.2) is 0 Å². The van der Waals surface area contributed by atoms with Crippen molar-refractivity contribution in [1.29, 1.82) is 0 Å². The summed E-state index contributed by atoms with van der Waals surface area (Å²) in [7, 11) is 0. The third-order valence-electron chi connectivity index (χ3n) is 5.78. The molecule has 116 valence electrons.